The molecule has 6 nitrogen and oxygen atoms in total. The molecule has 2 aromatic rings. The van der Waals surface area contributed by atoms with Gasteiger partial charge in [-0.25, -0.2) is 4.98 Å². The lowest BCUT2D eigenvalue weighted by atomic mass is 9.96. The Morgan fingerprint density at radius 1 is 1.36 bits per heavy atom. The van der Waals surface area contributed by atoms with Crippen molar-refractivity contribution in [1.29, 1.82) is 0 Å². The van der Waals surface area contributed by atoms with Gasteiger partial charge in [-0.2, -0.15) is 0 Å². The molecule has 1 aliphatic heterocycles. The van der Waals surface area contributed by atoms with Crippen LogP contribution in [-0.4, -0.2) is 32.6 Å². The van der Waals surface area contributed by atoms with Crippen molar-refractivity contribution >= 4 is 11.6 Å². The molecule has 0 aromatic carbocycles. The van der Waals surface area contributed by atoms with Crippen molar-refractivity contribution in [2.45, 2.75) is 44.4 Å². The van der Waals surface area contributed by atoms with Crippen molar-refractivity contribution in [1.82, 2.24) is 20.2 Å². The van der Waals surface area contributed by atoms with Crippen molar-refractivity contribution in [3.05, 3.63) is 35.7 Å². The number of fused-ring (bicyclic) bond motifs is 2. The number of hydrogen-bond acceptors (Lipinski definition) is 4. The van der Waals surface area contributed by atoms with E-state index in [0.717, 1.165) is 30.0 Å². The Bertz CT molecular complexity index is 754. The molecule has 0 saturated heterocycles. The molecule has 114 valence electrons. The van der Waals surface area contributed by atoms with Gasteiger partial charge in [0, 0.05) is 23.6 Å². The lowest BCUT2D eigenvalue weighted by Crippen LogP contribution is -2.32. The monoisotopic (exact) mass is 297 g/mol. The molecule has 1 amide bonds. The number of hydrogen-bond donors (Lipinski definition) is 1. The number of amides is 1. The highest BCUT2D eigenvalue weighted by Crippen LogP contribution is 2.55. The molecule has 3 heterocycles. The number of H-pyrrole nitrogens is 1. The van der Waals surface area contributed by atoms with Crippen LogP contribution in [0.1, 0.15) is 55.8 Å². The molecule has 0 unspecified atom stereocenters. The van der Waals surface area contributed by atoms with Gasteiger partial charge in [0.25, 0.3) is 5.91 Å². The second-order valence-electron chi connectivity index (χ2n) is 7.30. The lowest BCUT2D eigenvalue weighted by molar-refractivity contribution is 0.0978. The predicted octanol–water partition coefficient (Wildman–Crippen LogP) is 2.19. The summed E-state index contributed by atoms with van der Waals surface area (Å²) in [6.07, 6.45) is 4.00. The summed E-state index contributed by atoms with van der Waals surface area (Å²) in [7, 11) is 0. The number of rotatable bonds is 1. The van der Waals surface area contributed by atoms with E-state index in [4.69, 9.17) is 0 Å². The Kier molecular flexibility index (Phi) is 2.53. The third kappa shape index (κ3) is 1.86. The standard InChI is InChI=1S/C16H19N5O/c1-15(2,3)14-18-12(19-20-14)13(22)21-9-16(6-7-16)11-10(21)5-4-8-17-11/h4-5,8H,6-7,9H2,1-3H3,(H,18,19,20). The van der Waals surface area contributed by atoms with Crippen LogP contribution in [0, 0.1) is 0 Å². The number of aromatic amines is 1. The Labute approximate surface area is 129 Å². The SMILES string of the molecule is CC(C)(C)c1nc(C(=O)N2CC3(CC3)c3ncccc32)n[nH]1. The highest BCUT2D eigenvalue weighted by Gasteiger charge is 2.54. The number of anilines is 1. The minimum absolute atomic E-state index is 0.0788. The van der Waals surface area contributed by atoms with E-state index in [1.54, 1.807) is 11.1 Å². The molecule has 6 heteroatoms. The average molecular weight is 297 g/mol. The van der Waals surface area contributed by atoms with Gasteiger partial charge in [-0.15, -0.1) is 5.10 Å². The lowest BCUT2D eigenvalue weighted by Gasteiger charge is -2.15. The van der Waals surface area contributed by atoms with Gasteiger partial charge in [-0.05, 0) is 25.0 Å². The summed E-state index contributed by atoms with van der Waals surface area (Å²) < 4.78 is 0. The van der Waals surface area contributed by atoms with Crippen LogP contribution in [-0.2, 0) is 10.8 Å². The molecular formula is C16H19N5O. The molecule has 2 aromatic heterocycles. The highest BCUT2D eigenvalue weighted by molar-refractivity contribution is 6.05. The van der Waals surface area contributed by atoms with E-state index >= 15 is 0 Å². The summed E-state index contributed by atoms with van der Waals surface area (Å²) in [4.78, 5) is 23.5. The first-order chi connectivity index (χ1) is 10.4. The minimum atomic E-state index is -0.159. The molecule has 22 heavy (non-hydrogen) atoms. The van der Waals surface area contributed by atoms with E-state index in [2.05, 4.69) is 20.2 Å². The topological polar surface area (TPSA) is 74.8 Å². The van der Waals surface area contributed by atoms with Gasteiger partial charge < -0.3 is 4.90 Å². The molecular weight excluding hydrogens is 278 g/mol. The van der Waals surface area contributed by atoms with Crippen molar-refractivity contribution < 1.29 is 4.79 Å². The summed E-state index contributed by atoms with van der Waals surface area (Å²) in [5.41, 5.74) is 1.88. The summed E-state index contributed by atoms with van der Waals surface area (Å²) >= 11 is 0. The van der Waals surface area contributed by atoms with E-state index in [-0.39, 0.29) is 22.6 Å². The Morgan fingerprint density at radius 3 is 2.77 bits per heavy atom. The van der Waals surface area contributed by atoms with Gasteiger partial charge in [-0.3, -0.25) is 14.9 Å². The number of nitrogens with zero attached hydrogens (tertiary/aromatic N) is 4. The number of aromatic nitrogens is 4. The normalized spacial score (nSPS) is 18.6. The molecule has 2 aliphatic rings. The Morgan fingerprint density at radius 2 is 2.14 bits per heavy atom. The van der Waals surface area contributed by atoms with Crippen LogP contribution in [0.4, 0.5) is 5.69 Å². The summed E-state index contributed by atoms with van der Waals surface area (Å²) in [5, 5.41) is 7.01. The number of pyridine rings is 1. The fourth-order valence-electron chi connectivity index (χ4n) is 3.03. The van der Waals surface area contributed by atoms with Crippen LogP contribution in [0.3, 0.4) is 0 Å². The maximum absolute atomic E-state index is 12.8. The third-order valence-corrected chi connectivity index (χ3v) is 4.53. The summed E-state index contributed by atoms with van der Waals surface area (Å²) in [6.45, 7) is 6.81. The zero-order valence-electron chi connectivity index (χ0n) is 13.1. The van der Waals surface area contributed by atoms with Gasteiger partial charge >= 0.3 is 0 Å². The fraction of sp³-hybridized carbons (Fsp3) is 0.500. The van der Waals surface area contributed by atoms with Crippen LogP contribution in [0.25, 0.3) is 0 Å². The van der Waals surface area contributed by atoms with Gasteiger partial charge in [-0.1, -0.05) is 20.8 Å². The van der Waals surface area contributed by atoms with Crippen LogP contribution in [0.15, 0.2) is 18.3 Å². The van der Waals surface area contributed by atoms with Crippen molar-refractivity contribution in [3.63, 3.8) is 0 Å². The van der Waals surface area contributed by atoms with E-state index < -0.39 is 0 Å². The first-order valence-electron chi connectivity index (χ1n) is 7.61. The fourth-order valence-corrected chi connectivity index (χ4v) is 3.03. The molecule has 1 spiro atoms. The Hall–Kier alpha value is -2.24. The van der Waals surface area contributed by atoms with E-state index in [1.165, 1.54) is 0 Å². The molecule has 0 atom stereocenters. The largest absolute Gasteiger partial charge is 0.303 e. The van der Waals surface area contributed by atoms with Crippen LogP contribution in [0.2, 0.25) is 0 Å². The third-order valence-electron chi connectivity index (χ3n) is 4.53. The van der Waals surface area contributed by atoms with Gasteiger partial charge in [0.2, 0.25) is 5.82 Å². The molecule has 1 aliphatic carbocycles. The second-order valence-corrected chi connectivity index (χ2v) is 7.30. The van der Waals surface area contributed by atoms with Crippen LogP contribution < -0.4 is 4.90 Å². The van der Waals surface area contributed by atoms with Gasteiger partial charge in [0.05, 0.1) is 11.4 Å². The first-order valence-corrected chi connectivity index (χ1v) is 7.61. The molecule has 1 N–H and O–H groups in total. The Balaban J connectivity index is 1.69. The predicted molar refractivity (Wildman–Crippen MR) is 81.9 cm³/mol. The number of nitrogens with one attached hydrogen (secondary N) is 1. The zero-order valence-corrected chi connectivity index (χ0v) is 13.1. The smallest absolute Gasteiger partial charge is 0.298 e. The highest BCUT2D eigenvalue weighted by atomic mass is 16.2. The maximum Gasteiger partial charge on any atom is 0.298 e. The van der Waals surface area contributed by atoms with Crippen molar-refractivity contribution in [2.75, 3.05) is 11.4 Å². The van der Waals surface area contributed by atoms with Gasteiger partial charge in [0.1, 0.15) is 5.82 Å². The quantitative estimate of drug-likeness (QED) is 0.875. The molecule has 4 rings (SSSR count). The molecule has 0 radical (unpaired) electrons. The van der Waals surface area contributed by atoms with E-state index in [1.807, 2.05) is 32.9 Å². The first kappa shape index (κ1) is 13.4. The van der Waals surface area contributed by atoms with E-state index in [0.29, 0.717) is 6.54 Å². The number of carbonyl (C=O) groups excluding carboxylic acids is 1. The van der Waals surface area contributed by atoms with Crippen molar-refractivity contribution in [3.8, 4) is 0 Å². The summed E-state index contributed by atoms with van der Waals surface area (Å²) in [6, 6.07) is 3.84. The van der Waals surface area contributed by atoms with Gasteiger partial charge in [0.15, 0.2) is 0 Å². The maximum atomic E-state index is 12.8. The van der Waals surface area contributed by atoms with Crippen LogP contribution in [0.5, 0.6) is 0 Å². The summed E-state index contributed by atoms with van der Waals surface area (Å²) in [5.74, 6) is 0.810. The second kappa shape index (κ2) is 4.15. The van der Waals surface area contributed by atoms with Crippen LogP contribution >= 0.6 is 0 Å². The minimum Gasteiger partial charge on any atom is -0.303 e. The molecule has 1 fully saturated rings. The van der Waals surface area contributed by atoms with Crippen molar-refractivity contribution in [2.24, 2.45) is 0 Å². The zero-order chi connectivity index (χ0) is 15.5. The average Bonchev–Trinajstić information content (AvgIpc) is 2.96. The van der Waals surface area contributed by atoms with E-state index in [9.17, 15) is 4.79 Å². The molecule has 1 saturated carbocycles. The molecule has 0 bridgehead atoms. The number of carbonyl (C=O) groups is 1.